The molecule has 19 heavy (non-hydrogen) atoms. The molecule has 6 nitrogen and oxygen atoms in total. The molecule has 1 aliphatic rings. The Labute approximate surface area is 115 Å². The number of carbonyl (C=O) groups is 2. The molecule has 1 saturated heterocycles. The van der Waals surface area contributed by atoms with Gasteiger partial charge in [0.25, 0.3) is 5.91 Å². The van der Waals surface area contributed by atoms with Gasteiger partial charge in [0, 0.05) is 30.8 Å². The summed E-state index contributed by atoms with van der Waals surface area (Å²) in [7, 11) is 0. The minimum Gasteiger partial charge on any atom is -0.369 e. The van der Waals surface area contributed by atoms with E-state index in [9.17, 15) is 9.59 Å². The second-order valence-electron chi connectivity index (χ2n) is 4.63. The number of rotatable bonds is 4. The molecule has 0 spiro atoms. The highest BCUT2D eigenvalue weighted by atomic mass is 32.1. The summed E-state index contributed by atoms with van der Waals surface area (Å²) >= 11 is 1.46. The molecule has 0 radical (unpaired) electrons. The Hall–Kier alpha value is -1.47. The Balaban J connectivity index is 1.95. The highest BCUT2D eigenvalue weighted by Gasteiger charge is 2.27. The first kappa shape index (κ1) is 14.0. The zero-order valence-electron chi connectivity index (χ0n) is 10.7. The van der Waals surface area contributed by atoms with Gasteiger partial charge in [-0.25, -0.2) is 4.98 Å². The van der Waals surface area contributed by atoms with Crippen LogP contribution < -0.4 is 11.5 Å². The predicted molar refractivity (Wildman–Crippen MR) is 72.7 cm³/mol. The van der Waals surface area contributed by atoms with E-state index in [0.717, 1.165) is 5.01 Å². The van der Waals surface area contributed by atoms with Gasteiger partial charge in [-0.3, -0.25) is 9.59 Å². The van der Waals surface area contributed by atoms with Gasteiger partial charge in [-0.2, -0.15) is 0 Å². The molecule has 0 atom stereocenters. The fourth-order valence-corrected chi connectivity index (χ4v) is 2.96. The number of thiazole rings is 1. The Kier molecular flexibility index (Phi) is 4.49. The zero-order chi connectivity index (χ0) is 13.8. The Morgan fingerprint density at radius 3 is 2.68 bits per heavy atom. The summed E-state index contributed by atoms with van der Waals surface area (Å²) in [5.41, 5.74) is 11.2. The van der Waals surface area contributed by atoms with Crippen LogP contribution in [0, 0.1) is 5.92 Å². The van der Waals surface area contributed by atoms with E-state index in [1.165, 1.54) is 11.3 Å². The second kappa shape index (κ2) is 6.12. The summed E-state index contributed by atoms with van der Waals surface area (Å²) in [5.74, 6) is -0.444. The molecule has 1 aliphatic heterocycles. The van der Waals surface area contributed by atoms with E-state index in [0.29, 0.717) is 44.6 Å². The molecule has 2 heterocycles. The monoisotopic (exact) mass is 282 g/mol. The van der Waals surface area contributed by atoms with Gasteiger partial charge in [-0.1, -0.05) is 0 Å². The maximum atomic E-state index is 12.2. The van der Waals surface area contributed by atoms with Crippen LogP contribution in [0.15, 0.2) is 5.38 Å². The van der Waals surface area contributed by atoms with Gasteiger partial charge in [0.2, 0.25) is 5.91 Å². The first-order valence-electron chi connectivity index (χ1n) is 6.35. The average Bonchev–Trinajstić information content (AvgIpc) is 2.87. The summed E-state index contributed by atoms with van der Waals surface area (Å²) in [6, 6.07) is 0. The standard InChI is InChI=1S/C12H18N4O2S/c13-4-1-10-15-9(7-19-10)12(18)16-5-2-8(3-6-16)11(14)17/h7-8H,1-6,13H2,(H2,14,17). The molecular formula is C12H18N4O2S. The van der Waals surface area contributed by atoms with E-state index in [-0.39, 0.29) is 17.7 Å². The number of hydrogen-bond acceptors (Lipinski definition) is 5. The van der Waals surface area contributed by atoms with Gasteiger partial charge in [-0.15, -0.1) is 11.3 Å². The molecule has 104 valence electrons. The summed E-state index contributed by atoms with van der Waals surface area (Å²) in [5, 5.41) is 2.66. The van der Waals surface area contributed by atoms with Gasteiger partial charge in [0.05, 0.1) is 5.01 Å². The average molecular weight is 282 g/mol. The fraction of sp³-hybridized carbons (Fsp3) is 0.583. The van der Waals surface area contributed by atoms with Crippen LogP contribution >= 0.6 is 11.3 Å². The smallest absolute Gasteiger partial charge is 0.273 e. The number of likely N-dealkylation sites (tertiary alicyclic amines) is 1. The van der Waals surface area contributed by atoms with Crippen molar-refractivity contribution >= 4 is 23.2 Å². The van der Waals surface area contributed by atoms with E-state index in [4.69, 9.17) is 11.5 Å². The van der Waals surface area contributed by atoms with Crippen LogP contribution in [0.1, 0.15) is 28.3 Å². The summed E-state index contributed by atoms with van der Waals surface area (Å²) < 4.78 is 0. The maximum Gasteiger partial charge on any atom is 0.273 e. The van der Waals surface area contributed by atoms with Crippen LogP contribution in [0.5, 0.6) is 0 Å². The summed E-state index contributed by atoms with van der Waals surface area (Å²) in [4.78, 5) is 29.3. The van der Waals surface area contributed by atoms with E-state index >= 15 is 0 Å². The largest absolute Gasteiger partial charge is 0.369 e. The number of piperidine rings is 1. The van der Waals surface area contributed by atoms with Crippen molar-refractivity contribution in [3.63, 3.8) is 0 Å². The minimum absolute atomic E-state index is 0.0672. The van der Waals surface area contributed by atoms with Crippen LogP contribution in [0.25, 0.3) is 0 Å². The van der Waals surface area contributed by atoms with Crippen LogP contribution in [0.2, 0.25) is 0 Å². The van der Waals surface area contributed by atoms with Crippen molar-refractivity contribution in [3.8, 4) is 0 Å². The summed E-state index contributed by atoms with van der Waals surface area (Å²) in [6.45, 7) is 1.66. The van der Waals surface area contributed by atoms with Crippen LogP contribution in [-0.4, -0.2) is 41.3 Å². The van der Waals surface area contributed by atoms with Crippen molar-refractivity contribution in [2.75, 3.05) is 19.6 Å². The van der Waals surface area contributed by atoms with Gasteiger partial charge < -0.3 is 16.4 Å². The third-order valence-corrected chi connectivity index (χ3v) is 4.22. The van der Waals surface area contributed by atoms with E-state index in [1.54, 1.807) is 10.3 Å². The van der Waals surface area contributed by atoms with Crippen molar-refractivity contribution in [1.82, 2.24) is 9.88 Å². The number of carbonyl (C=O) groups excluding carboxylic acids is 2. The molecule has 1 aromatic rings. The lowest BCUT2D eigenvalue weighted by atomic mass is 9.96. The highest BCUT2D eigenvalue weighted by Crippen LogP contribution is 2.19. The van der Waals surface area contributed by atoms with Crippen molar-refractivity contribution < 1.29 is 9.59 Å². The van der Waals surface area contributed by atoms with Gasteiger partial charge in [-0.05, 0) is 19.4 Å². The third kappa shape index (κ3) is 3.30. The van der Waals surface area contributed by atoms with E-state index in [1.807, 2.05) is 0 Å². The highest BCUT2D eigenvalue weighted by molar-refractivity contribution is 7.09. The lowest BCUT2D eigenvalue weighted by Gasteiger charge is -2.30. The number of nitrogens with two attached hydrogens (primary N) is 2. The molecule has 1 aromatic heterocycles. The molecular weight excluding hydrogens is 264 g/mol. The van der Waals surface area contributed by atoms with Crippen LogP contribution in [0.4, 0.5) is 0 Å². The van der Waals surface area contributed by atoms with Crippen LogP contribution in [0.3, 0.4) is 0 Å². The SMILES string of the molecule is NCCc1nc(C(=O)N2CCC(C(N)=O)CC2)cs1. The molecule has 0 aliphatic carbocycles. The quantitative estimate of drug-likeness (QED) is 0.810. The predicted octanol–water partition coefficient (Wildman–Crippen LogP) is -0.0182. The molecule has 0 unspecified atom stereocenters. The second-order valence-corrected chi connectivity index (χ2v) is 5.58. The van der Waals surface area contributed by atoms with Crippen LogP contribution in [-0.2, 0) is 11.2 Å². The topological polar surface area (TPSA) is 102 Å². The van der Waals surface area contributed by atoms with Gasteiger partial charge in [0.15, 0.2) is 0 Å². The Bertz CT molecular complexity index is 466. The van der Waals surface area contributed by atoms with Crippen molar-refractivity contribution in [2.45, 2.75) is 19.3 Å². The van der Waals surface area contributed by atoms with Gasteiger partial charge >= 0.3 is 0 Å². The zero-order valence-corrected chi connectivity index (χ0v) is 11.5. The lowest BCUT2D eigenvalue weighted by molar-refractivity contribution is -0.123. The number of amides is 2. The molecule has 2 rings (SSSR count). The molecule has 0 aromatic carbocycles. The first-order chi connectivity index (χ1) is 9.11. The number of primary amides is 1. The van der Waals surface area contributed by atoms with Gasteiger partial charge in [0.1, 0.15) is 5.69 Å². The van der Waals surface area contributed by atoms with E-state index < -0.39 is 0 Å². The molecule has 0 saturated carbocycles. The van der Waals surface area contributed by atoms with Crippen molar-refractivity contribution in [1.29, 1.82) is 0 Å². The maximum absolute atomic E-state index is 12.2. The number of aromatic nitrogens is 1. The molecule has 7 heteroatoms. The van der Waals surface area contributed by atoms with Crippen molar-refractivity contribution in [2.24, 2.45) is 17.4 Å². The summed E-state index contributed by atoms with van der Waals surface area (Å²) in [6.07, 6.45) is 1.98. The normalized spacial score (nSPS) is 16.6. The first-order valence-corrected chi connectivity index (χ1v) is 7.23. The minimum atomic E-state index is -0.272. The Morgan fingerprint density at radius 2 is 2.11 bits per heavy atom. The fourth-order valence-electron chi connectivity index (χ4n) is 2.18. The molecule has 1 fully saturated rings. The van der Waals surface area contributed by atoms with Crippen molar-refractivity contribution in [3.05, 3.63) is 16.1 Å². The molecule has 2 amide bonds. The third-order valence-electron chi connectivity index (χ3n) is 3.31. The number of nitrogens with zero attached hydrogens (tertiary/aromatic N) is 2. The molecule has 4 N–H and O–H groups in total. The Morgan fingerprint density at radius 1 is 1.42 bits per heavy atom. The number of hydrogen-bond donors (Lipinski definition) is 2. The molecule has 0 bridgehead atoms. The van der Waals surface area contributed by atoms with E-state index in [2.05, 4.69) is 4.98 Å². The lowest BCUT2D eigenvalue weighted by Crippen LogP contribution is -2.41.